The lowest BCUT2D eigenvalue weighted by Crippen LogP contribution is -2.18. The molecule has 1 rings (SSSR count). The summed E-state index contributed by atoms with van der Waals surface area (Å²) in [5.74, 6) is 0.221. The Bertz CT molecular complexity index is 456. The van der Waals surface area contributed by atoms with E-state index in [0.717, 1.165) is 17.7 Å². The summed E-state index contributed by atoms with van der Waals surface area (Å²) < 4.78 is 4.75. The Morgan fingerprint density at radius 1 is 1.37 bits per heavy atom. The number of anilines is 2. The maximum Gasteiger partial charge on any atom is 0.340 e. The summed E-state index contributed by atoms with van der Waals surface area (Å²) in [6, 6.07) is 4.05. The molecule has 3 N–H and O–H groups in total. The van der Waals surface area contributed by atoms with Crippen LogP contribution in [0.5, 0.6) is 0 Å². The fraction of sp³-hybridized carbons (Fsp3) is 0.533. The van der Waals surface area contributed by atoms with Crippen molar-refractivity contribution in [1.82, 2.24) is 0 Å². The molecule has 106 valence electrons. The van der Waals surface area contributed by atoms with Gasteiger partial charge < -0.3 is 15.8 Å². The van der Waals surface area contributed by atoms with E-state index < -0.39 is 5.97 Å². The fourth-order valence-electron chi connectivity index (χ4n) is 2.21. The number of nitrogens with one attached hydrogen (secondary N) is 1. The van der Waals surface area contributed by atoms with Crippen molar-refractivity contribution in [3.63, 3.8) is 0 Å². The van der Waals surface area contributed by atoms with Crippen molar-refractivity contribution in [2.24, 2.45) is 5.92 Å². The summed E-state index contributed by atoms with van der Waals surface area (Å²) in [5, 5.41) is 3.40. The molecule has 0 heterocycles. The van der Waals surface area contributed by atoms with Crippen LogP contribution in [-0.4, -0.2) is 19.1 Å². The first-order valence-corrected chi connectivity index (χ1v) is 6.60. The highest BCUT2D eigenvalue weighted by Crippen LogP contribution is 2.24. The number of carbonyl (C=O) groups excluding carboxylic acids is 1. The lowest BCUT2D eigenvalue weighted by Gasteiger charge is -2.19. The molecule has 4 heteroatoms. The predicted octanol–water partition coefficient (Wildman–Crippen LogP) is 3.21. The number of esters is 1. The van der Waals surface area contributed by atoms with E-state index in [4.69, 9.17) is 10.5 Å². The van der Waals surface area contributed by atoms with E-state index in [1.165, 1.54) is 7.11 Å². The number of methoxy groups -OCH3 is 1. The molecule has 0 aromatic heterocycles. The minimum atomic E-state index is -0.402. The normalized spacial score (nSPS) is 12.3. The molecule has 0 spiro atoms. The Morgan fingerprint density at radius 3 is 2.53 bits per heavy atom. The van der Waals surface area contributed by atoms with Gasteiger partial charge in [-0.15, -0.1) is 0 Å². The van der Waals surface area contributed by atoms with Gasteiger partial charge in [0.15, 0.2) is 0 Å². The summed E-state index contributed by atoms with van der Waals surface area (Å²) in [4.78, 5) is 11.7. The van der Waals surface area contributed by atoms with Gasteiger partial charge in [0.1, 0.15) is 0 Å². The Kier molecular flexibility index (Phi) is 5.21. The van der Waals surface area contributed by atoms with E-state index in [2.05, 4.69) is 26.1 Å². The second kappa shape index (κ2) is 6.45. The van der Waals surface area contributed by atoms with Crippen molar-refractivity contribution in [2.45, 2.75) is 40.2 Å². The van der Waals surface area contributed by atoms with Crippen molar-refractivity contribution in [1.29, 1.82) is 0 Å². The van der Waals surface area contributed by atoms with E-state index >= 15 is 0 Å². The number of rotatable bonds is 5. The monoisotopic (exact) mass is 264 g/mol. The van der Waals surface area contributed by atoms with Crippen LogP contribution in [0.25, 0.3) is 0 Å². The van der Waals surface area contributed by atoms with Gasteiger partial charge in [-0.2, -0.15) is 0 Å². The number of aryl methyl sites for hydroxylation is 1. The van der Waals surface area contributed by atoms with Gasteiger partial charge in [-0.1, -0.05) is 13.8 Å². The Hall–Kier alpha value is -1.71. The van der Waals surface area contributed by atoms with Gasteiger partial charge >= 0.3 is 5.97 Å². The Balaban J connectivity index is 2.97. The minimum Gasteiger partial charge on any atom is -0.465 e. The highest BCUT2D eigenvalue weighted by molar-refractivity contribution is 5.97. The maximum atomic E-state index is 11.7. The zero-order valence-electron chi connectivity index (χ0n) is 12.4. The van der Waals surface area contributed by atoms with Crippen molar-refractivity contribution in [3.8, 4) is 0 Å². The summed E-state index contributed by atoms with van der Waals surface area (Å²) in [5.41, 5.74) is 8.59. The second-order valence-electron chi connectivity index (χ2n) is 5.42. The molecule has 4 nitrogen and oxygen atoms in total. The zero-order chi connectivity index (χ0) is 14.6. The zero-order valence-corrected chi connectivity index (χ0v) is 12.4. The molecule has 0 radical (unpaired) electrons. The third kappa shape index (κ3) is 4.16. The number of hydrogen-bond donors (Lipinski definition) is 2. The molecular formula is C15H24N2O2. The third-order valence-electron chi connectivity index (χ3n) is 3.03. The molecule has 0 fully saturated rings. The van der Waals surface area contributed by atoms with Crippen LogP contribution in [0.15, 0.2) is 12.1 Å². The number of ether oxygens (including phenoxy) is 1. The van der Waals surface area contributed by atoms with Crippen LogP contribution in [0.1, 0.15) is 43.1 Å². The van der Waals surface area contributed by atoms with E-state index in [0.29, 0.717) is 23.2 Å². The van der Waals surface area contributed by atoms with Gasteiger partial charge in [0, 0.05) is 17.4 Å². The molecular weight excluding hydrogens is 240 g/mol. The largest absolute Gasteiger partial charge is 0.465 e. The summed E-state index contributed by atoms with van der Waals surface area (Å²) >= 11 is 0. The van der Waals surface area contributed by atoms with E-state index in [-0.39, 0.29) is 0 Å². The Labute approximate surface area is 115 Å². The minimum absolute atomic E-state index is 0.341. The number of nitrogen functional groups attached to an aromatic ring is 1. The second-order valence-corrected chi connectivity index (χ2v) is 5.42. The first-order valence-electron chi connectivity index (χ1n) is 6.60. The van der Waals surface area contributed by atoms with Crippen LogP contribution in [0.2, 0.25) is 0 Å². The first-order chi connectivity index (χ1) is 8.85. The number of carbonyl (C=O) groups is 1. The van der Waals surface area contributed by atoms with Crippen molar-refractivity contribution < 1.29 is 9.53 Å². The summed E-state index contributed by atoms with van der Waals surface area (Å²) in [6.07, 6.45) is 1.07. The summed E-state index contributed by atoms with van der Waals surface area (Å²) in [6.45, 7) is 8.39. The van der Waals surface area contributed by atoms with Gasteiger partial charge in [0.2, 0.25) is 0 Å². The van der Waals surface area contributed by atoms with Crippen LogP contribution >= 0.6 is 0 Å². The van der Waals surface area contributed by atoms with Gasteiger partial charge in [0.05, 0.1) is 12.7 Å². The van der Waals surface area contributed by atoms with E-state index in [1.54, 1.807) is 6.07 Å². The SMILES string of the molecule is COC(=O)c1cc(NC(C)CC(C)C)cc(C)c1N. The molecule has 0 amide bonds. The lowest BCUT2D eigenvalue weighted by atomic mass is 10.0. The molecule has 19 heavy (non-hydrogen) atoms. The molecule has 0 saturated heterocycles. The van der Waals surface area contributed by atoms with E-state index in [9.17, 15) is 4.79 Å². The average Bonchev–Trinajstić information content (AvgIpc) is 2.31. The van der Waals surface area contributed by atoms with Crippen LogP contribution in [0.3, 0.4) is 0 Å². The fourth-order valence-corrected chi connectivity index (χ4v) is 2.21. The third-order valence-corrected chi connectivity index (χ3v) is 3.03. The smallest absolute Gasteiger partial charge is 0.340 e. The molecule has 1 aromatic rings. The van der Waals surface area contributed by atoms with Gasteiger partial charge in [-0.3, -0.25) is 0 Å². The first kappa shape index (κ1) is 15.3. The molecule has 1 aromatic carbocycles. The molecule has 0 aliphatic rings. The average molecular weight is 264 g/mol. The predicted molar refractivity (Wildman–Crippen MR) is 79.5 cm³/mol. The Morgan fingerprint density at radius 2 is 2.00 bits per heavy atom. The van der Waals surface area contributed by atoms with Crippen molar-refractivity contribution in [2.75, 3.05) is 18.2 Å². The molecule has 0 saturated carbocycles. The van der Waals surface area contributed by atoms with Crippen LogP contribution in [0.4, 0.5) is 11.4 Å². The molecule has 1 unspecified atom stereocenters. The quantitative estimate of drug-likeness (QED) is 0.633. The molecule has 0 bridgehead atoms. The van der Waals surface area contributed by atoms with Crippen LogP contribution in [-0.2, 0) is 4.74 Å². The molecule has 0 aliphatic carbocycles. The topological polar surface area (TPSA) is 64.3 Å². The van der Waals surface area contributed by atoms with Gasteiger partial charge in [-0.25, -0.2) is 4.79 Å². The highest BCUT2D eigenvalue weighted by Gasteiger charge is 2.14. The van der Waals surface area contributed by atoms with Crippen LogP contribution in [0, 0.1) is 12.8 Å². The summed E-state index contributed by atoms with van der Waals surface area (Å²) in [7, 11) is 1.36. The lowest BCUT2D eigenvalue weighted by molar-refractivity contribution is 0.0602. The van der Waals surface area contributed by atoms with Crippen molar-refractivity contribution >= 4 is 17.3 Å². The van der Waals surface area contributed by atoms with Gasteiger partial charge in [0.25, 0.3) is 0 Å². The standard InChI is InChI=1S/C15H24N2O2/c1-9(2)6-11(4)17-12-7-10(3)14(16)13(8-12)15(18)19-5/h7-9,11,17H,6,16H2,1-5H3. The van der Waals surface area contributed by atoms with E-state index in [1.807, 2.05) is 13.0 Å². The van der Waals surface area contributed by atoms with Crippen molar-refractivity contribution in [3.05, 3.63) is 23.3 Å². The number of hydrogen-bond acceptors (Lipinski definition) is 4. The maximum absolute atomic E-state index is 11.7. The molecule has 1 atom stereocenters. The van der Waals surface area contributed by atoms with Crippen LogP contribution < -0.4 is 11.1 Å². The number of benzene rings is 1. The molecule has 0 aliphatic heterocycles. The number of nitrogens with two attached hydrogens (primary N) is 1. The highest BCUT2D eigenvalue weighted by atomic mass is 16.5. The van der Waals surface area contributed by atoms with Gasteiger partial charge in [-0.05, 0) is 43.9 Å².